The number of benzene rings is 1. The molecule has 2 rings (SSSR count). The molecule has 0 spiro atoms. The van der Waals surface area contributed by atoms with Crippen molar-refractivity contribution in [2.75, 3.05) is 38.0 Å². The maximum Gasteiger partial charge on any atom is 0.274 e. The average Bonchev–Trinajstić information content (AvgIpc) is 2.55. The maximum atomic E-state index is 12.4. The van der Waals surface area contributed by atoms with Gasteiger partial charge in [-0.3, -0.25) is 4.79 Å². The van der Waals surface area contributed by atoms with E-state index in [1.54, 1.807) is 39.3 Å². The summed E-state index contributed by atoms with van der Waals surface area (Å²) in [5.41, 5.74) is 0.869. The summed E-state index contributed by atoms with van der Waals surface area (Å²) < 4.78 is 10.2. The second kappa shape index (κ2) is 8.09. The zero-order valence-electron chi connectivity index (χ0n) is 13.4. The Bertz CT molecular complexity index is 676. The first kappa shape index (κ1) is 16.7. The molecule has 1 aromatic carbocycles. The molecule has 7 nitrogen and oxygen atoms in total. The summed E-state index contributed by atoms with van der Waals surface area (Å²) >= 11 is 0. The highest BCUT2D eigenvalue weighted by Gasteiger charge is 2.13. The van der Waals surface area contributed by atoms with Gasteiger partial charge in [0.05, 0.1) is 19.4 Å². The Morgan fingerprint density at radius 1 is 1.22 bits per heavy atom. The van der Waals surface area contributed by atoms with Gasteiger partial charge in [0.15, 0.2) is 0 Å². The summed E-state index contributed by atoms with van der Waals surface area (Å²) in [4.78, 5) is 20.8. The topological polar surface area (TPSA) is 85.4 Å². The van der Waals surface area contributed by atoms with Crippen molar-refractivity contribution in [3.05, 3.63) is 41.9 Å². The van der Waals surface area contributed by atoms with Crippen molar-refractivity contribution >= 4 is 17.4 Å². The monoisotopic (exact) mass is 316 g/mol. The summed E-state index contributed by atoms with van der Waals surface area (Å²) in [5.74, 6) is 1.36. The number of anilines is 2. The predicted octanol–water partition coefficient (Wildman–Crippen LogP) is 2.10. The third-order valence-corrected chi connectivity index (χ3v) is 3.04. The summed E-state index contributed by atoms with van der Waals surface area (Å²) in [6.45, 7) is 2.88. The fraction of sp³-hybridized carbons (Fsp3) is 0.312. The Hall–Kier alpha value is -2.67. The first-order valence-electron chi connectivity index (χ1n) is 7.17. The van der Waals surface area contributed by atoms with E-state index >= 15 is 0 Å². The van der Waals surface area contributed by atoms with E-state index in [1.165, 1.54) is 0 Å². The number of methoxy groups -OCH3 is 2. The van der Waals surface area contributed by atoms with Gasteiger partial charge >= 0.3 is 0 Å². The highest BCUT2D eigenvalue weighted by molar-refractivity contribution is 6.04. The molecule has 7 heteroatoms. The van der Waals surface area contributed by atoms with Crippen LogP contribution in [0, 0.1) is 6.92 Å². The highest BCUT2D eigenvalue weighted by Crippen LogP contribution is 2.23. The van der Waals surface area contributed by atoms with Gasteiger partial charge in [-0.1, -0.05) is 12.1 Å². The first-order chi connectivity index (χ1) is 11.1. The van der Waals surface area contributed by atoms with Crippen LogP contribution in [0.3, 0.4) is 0 Å². The number of aryl methyl sites for hydroxylation is 1. The van der Waals surface area contributed by atoms with Gasteiger partial charge in [-0.05, 0) is 19.1 Å². The minimum absolute atomic E-state index is 0.281. The Labute approximate surface area is 135 Å². The van der Waals surface area contributed by atoms with Gasteiger partial charge in [0, 0.05) is 19.7 Å². The van der Waals surface area contributed by atoms with Crippen LogP contribution in [-0.4, -0.2) is 43.2 Å². The lowest BCUT2D eigenvalue weighted by Gasteiger charge is -2.11. The molecule has 0 aliphatic rings. The van der Waals surface area contributed by atoms with E-state index < -0.39 is 0 Å². The zero-order chi connectivity index (χ0) is 16.7. The van der Waals surface area contributed by atoms with Crippen LogP contribution < -0.4 is 15.4 Å². The number of rotatable bonds is 7. The van der Waals surface area contributed by atoms with Crippen LogP contribution >= 0.6 is 0 Å². The summed E-state index contributed by atoms with van der Waals surface area (Å²) in [6, 6.07) is 8.80. The Kier molecular flexibility index (Phi) is 5.87. The molecular weight excluding hydrogens is 296 g/mol. The number of hydrogen-bond donors (Lipinski definition) is 2. The number of hydrogen-bond acceptors (Lipinski definition) is 6. The van der Waals surface area contributed by atoms with Crippen LogP contribution in [0.15, 0.2) is 30.3 Å². The molecular formula is C16H20N4O3. The van der Waals surface area contributed by atoms with Gasteiger partial charge < -0.3 is 20.1 Å². The molecule has 0 saturated carbocycles. The molecule has 0 aliphatic carbocycles. The maximum absolute atomic E-state index is 12.4. The Morgan fingerprint density at radius 2 is 2.00 bits per heavy atom. The Morgan fingerprint density at radius 3 is 2.74 bits per heavy atom. The van der Waals surface area contributed by atoms with E-state index in [0.717, 1.165) is 0 Å². The molecule has 122 valence electrons. The van der Waals surface area contributed by atoms with Crippen LogP contribution in [0.1, 0.15) is 16.3 Å². The van der Waals surface area contributed by atoms with Crippen molar-refractivity contribution in [3.63, 3.8) is 0 Å². The normalized spacial score (nSPS) is 10.2. The van der Waals surface area contributed by atoms with Gasteiger partial charge in [0.25, 0.3) is 5.91 Å². The van der Waals surface area contributed by atoms with Crippen LogP contribution in [0.5, 0.6) is 5.75 Å². The Balaban J connectivity index is 2.15. The SMILES string of the molecule is COCCNc1cc(C(=O)Nc2ccccc2OC)nc(C)n1. The van der Waals surface area contributed by atoms with E-state index in [9.17, 15) is 4.79 Å². The molecule has 0 unspecified atom stereocenters. The predicted molar refractivity (Wildman–Crippen MR) is 88.1 cm³/mol. The smallest absolute Gasteiger partial charge is 0.274 e. The molecule has 2 N–H and O–H groups in total. The highest BCUT2D eigenvalue weighted by atomic mass is 16.5. The minimum atomic E-state index is -0.324. The fourth-order valence-electron chi connectivity index (χ4n) is 1.99. The molecule has 0 fully saturated rings. The summed E-state index contributed by atoms with van der Waals surface area (Å²) in [7, 11) is 3.18. The number of nitrogens with zero attached hydrogens (tertiary/aromatic N) is 2. The minimum Gasteiger partial charge on any atom is -0.495 e. The van der Waals surface area contributed by atoms with Crippen molar-refractivity contribution in [3.8, 4) is 5.75 Å². The van der Waals surface area contributed by atoms with Crippen LogP contribution in [0.4, 0.5) is 11.5 Å². The molecule has 0 aliphatic heterocycles. The van der Waals surface area contributed by atoms with Crippen molar-refractivity contribution in [1.82, 2.24) is 9.97 Å². The largest absolute Gasteiger partial charge is 0.495 e. The first-order valence-corrected chi connectivity index (χ1v) is 7.17. The van der Waals surface area contributed by atoms with E-state index in [1.807, 2.05) is 12.1 Å². The van der Waals surface area contributed by atoms with E-state index in [2.05, 4.69) is 20.6 Å². The molecule has 1 heterocycles. The van der Waals surface area contributed by atoms with E-state index in [-0.39, 0.29) is 11.6 Å². The van der Waals surface area contributed by atoms with Crippen molar-refractivity contribution in [2.45, 2.75) is 6.92 Å². The van der Waals surface area contributed by atoms with E-state index in [4.69, 9.17) is 9.47 Å². The zero-order valence-corrected chi connectivity index (χ0v) is 13.4. The summed E-state index contributed by atoms with van der Waals surface area (Å²) in [5, 5.41) is 5.88. The van der Waals surface area contributed by atoms with Gasteiger partial charge in [-0.15, -0.1) is 0 Å². The lowest BCUT2D eigenvalue weighted by atomic mass is 10.2. The quantitative estimate of drug-likeness (QED) is 0.761. The fourth-order valence-corrected chi connectivity index (χ4v) is 1.99. The number of para-hydroxylation sites is 2. The molecule has 1 amide bonds. The van der Waals surface area contributed by atoms with Crippen molar-refractivity contribution < 1.29 is 14.3 Å². The van der Waals surface area contributed by atoms with Crippen molar-refractivity contribution in [1.29, 1.82) is 0 Å². The second-order valence-electron chi connectivity index (χ2n) is 4.76. The molecule has 0 atom stereocenters. The van der Waals surface area contributed by atoms with Gasteiger partial charge in [0.1, 0.15) is 23.1 Å². The standard InChI is InChI=1S/C16H20N4O3/c1-11-18-13(10-15(19-11)17-8-9-22-2)16(21)20-12-6-4-5-7-14(12)23-3/h4-7,10H,8-9H2,1-3H3,(H,20,21)(H,17,18,19). The van der Waals surface area contributed by atoms with E-state index in [0.29, 0.717) is 36.2 Å². The average molecular weight is 316 g/mol. The number of ether oxygens (including phenoxy) is 2. The third kappa shape index (κ3) is 4.65. The third-order valence-electron chi connectivity index (χ3n) is 3.04. The van der Waals surface area contributed by atoms with Gasteiger partial charge in [-0.25, -0.2) is 9.97 Å². The van der Waals surface area contributed by atoms with Crippen LogP contribution in [-0.2, 0) is 4.74 Å². The van der Waals surface area contributed by atoms with Crippen LogP contribution in [0.25, 0.3) is 0 Å². The lowest BCUT2D eigenvalue weighted by molar-refractivity contribution is 0.102. The molecule has 0 radical (unpaired) electrons. The number of aromatic nitrogens is 2. The van der Waals surface area contributed by atoms with Crippen LogP contribution in [0.2, 0.25) is 0 Å². The number of nitrogens with one attached hydrogen (secondary N) is 2. The van der Waals surface area contributed by atoms with Crippen molar-refractivity contribution in [2.24, 2.45) is 0 Å². The molecule has 23 heavy (non-hydrogen) atoms. The molecule has 0 bridgehead atoms. The summed E-state index contributed by atoms with van der Waals surface area (Å²) in [6.07, 6.45) is 0. The second-order valence-corrected chi connectivity index (χ2v) is 4.76. The number of amides is 1. The number of carbonyl (C=O) groups is 1. The number of carbonyl (C=O) groups excluding carboxylic acids is 1. The molecule has 1 aromatic heterocycles. The lowest BCUT2D eigenvalue weighted by Crippen LogP contribution is -2.17. The van der Waals surface area contributed by atoms with Gasteiger partial charge in [0.2, 0.25) is 0 Å². The van der Waals surface area contributed by atoms with Gasteiger partial charge in [-0.2, -0.15) is 0 Å². The molecule has 2 aromatic rings. The molecule has 0 saturated heterocycles.